The van der Waals surface area contributed by atoms with Crippen molar-refractivity contribution in [2.24, 2.45) is 10.5 Å². The van der Waals surface area contributed by atoms with E-state index in [-0.39, 0.29) is 110 Å². The van der Waals surface area contributed by atoms with Gasteiger partial charge in [-0.15, -0.1) is 0 Å². The summed E-state index contributed by atoms with van der Waals surface area (Å²) in [4.78, 5) is 97.2. The summed E-state index contributed by atoms with van der Waals surface area (Å²) in [5, 5.41) is 18.9. The summed E-state index contributed by atoms with van der Waals surface area (Å²) in [7, 11) is 1.19. The summed E-state index contributed by atoms with van der Waals surface area (Å²) in [6, 6.07) is 10.4. The van der Waals surface area contributed by atoms with Gasteiger partial charge in [-0.25, -0.2) is 4.79 Å². The second kappa shape index (κ2) is 24.4. The molecule has 6 N–H and O–H groups in total. The van der Waals surface area contributed by atoms with Gasteiger partial charge in [0.15, 0.2) is 23.4 Å². The molecule has 23 heteroatoms. The third-order valence-electron chi connectivity index (χ3n) is 10.2. The molecule has 23 nitrogen and oxygen atoms in total. The van der Waals surface area contributed by atoms with Crippen molar-refractivity contribution >= 4 is 52.3 Å². The number of H-pyrrole nitrogens is 1. The average Bonchev–Trinajstić information content (AvgIpc) is 3.90. The summed E-state index contributed by atoms with van der Waals surface area (Å²) in [6.07, 6.45) is -1.42. The van der Waals surface area contributed by atoms with Crippen LogP contribution >= 0.6 is 0 Å². The number of benzene rings is 2. The van der Waals surface area contributed by atoms with Crippen molar-refractivity contribution in [3.05, 3.63) is 97.3 Å². The first-order valence-corrected chi connectivity index (χ1v) is 21.6. The highest BCUT2D eigenvalue weighted by Crippen LogP contribution is 2.35. The van der Waals surface area contributed by atoms with Crippen molar-refractivity contribution in [2.45, 2.75) is 71.6 Å². The van der Waals surface area contributed by atoms with Crippen molar-refractivity contribution in [1.82, 2.24) is 25.2 Å². The van der Waals surface area contributed by atoms with Crippen LogP contribution in [-0.2, 0) is 33.3 Å². The number of hydrogen-bond donors (Lipinski definition) is 5. The molecule has 1 saturated heterocycles. The largest absolute Gasteiger partial charge is 0.491 e. The number of esters is 2. The quantitative estimate of drug-likeness (QED) is 0.0144. The number of methoxy groups -OCH3 is 1. The lowest BCUT2D eigenvalue weighted by Crippen LogP contribution is -2.34. The fraction of sp³-hybridized carbons (Fsp3) is 0.435. The number of azide groups is 1. The topological polar surface area (TPSA) is 328 Å². The van der Waals surface area contributed by atoms with Gasteiger partial charge >= 0.3 is 11.9 Å². The smallest absolute Gasteiger partial charge is 0.337 e. The molecule has 0 radical (unpaired) electrons. The summed E-state index contributed by atoms with van der Waals surface area (Å²) >= 11 is 0. The maximum absolute atomic E-state index is 13.0. The van der Waals surface area contributed by atoms with Crippen molar-refractivity contribution in [1.29, 1.82) is 0 Å². The molecular weight excluding hydrogens is 903 g/mol. The number of aromatic amines is 1. The van der Waals surface area contributed by atoms with Crippen molar-refractivity contribution < 1.29 is 62.3 Å². The number of aliphatic hydroxyl groups excluding tert-OH is 1. The van der Waals surface area contributed by atoms with E-state index in [0.717, 1.165) is 0 Å². The number of ether oxygens (including phenoxy) is 6. The van der Waals surface area contributed by atoms with E-state index >= 15 is 0 Å². The Hall–Kier alpha value is -7.61. The molecule has 3 heterocycles. The zero-order chi connectivity index (χ0) is 50.3. The number of nitrogens with two attached hydrogens (primary N) is 1. The van der Waals surface area contributed by atoms with E-state index in [9.17, 15) is 38.7 Å². The van der Waals surface area contributed by atoms with Crippen LogP contribution in [0, 0.1) is 17.3 Å². The van der Waals surface area contributed by atoms with Gasteiger partial charge in [0.25, 0.3) is 11.5 Å². The molecule has 1 aliphatic rings. The van der Waals surface area contributed by atoms with E-state index in [0.29, 0.717) is 11.3 Å². The minimum atomic E-state index is -1.08. The van der Waals surface area contributed by atoms with Gasteiger partial charge in [-0.2, -0.15) is 4.98 Å². The summed E-state index contributed by atoms with van der Waals surface area (Å²) in [6.45, 7) is 5.31. The van der Waals surface area contributed by atoms with Crippen LogP contribution in [-0.4, -0.2) is 127 Å². The highest BCUT2D eigenvalue weighted by Gasteiger charge is 2.41. The molecule has 2 aromatic carbocycles. The Morgan fingerprint density at radius 1 is 1.09 bits per heavy atom. The number of amides is 2. The predicted octanol–water partition coefficient (Wildman–Crippen LogP) is 3.14. The van der Waals surface area contributed by atoms with E-state index in [4.69, 9.17) is 39.7 Å². The maximum Gasteiger partial charge on any atom is 0.337 e. The third kappa shape index (κ3) is 14.7. The van der Waals surface area contributed by atoms with Crippen LogP contribution in [0.2, 0.25) is 0 Å². The summed E-state index contributed by atoms with van der Waals surface area (Å²) in [5.74, 6) is 3.03. The molecule has 2 aromatic heterocycles. The first-order chi connectivity index (χ1) is 32.9. The van der Waals surface area contributed by atoms with Crippen LogP contribution in [0.15, 0.2) is 58.6 Å². The number of anilines is 1. The number of ketones is 2. The second-order valence-corrected chi connectivity index (χ2v) is 16.5. The van der Waals surface area contributed by atoms with Crippen molar-refractivity contribution in [3.8, 4) is 17.6 Å². The molecule has 5 rings (SSSR count). The molecule has 4 aromatic rings. The van der Waals surface area contributed by atoms with Gasteiger partial charge in [-0.05, 0) is 70.0 Å². The van der Waals surface area contributed by atoms with Crippen molar-refractivity contribution in [3.63, 3.8) is 0 Å². The standard InChI is InChI=1S/C46H53N9O14/c1-26(57)29-17-30(19-31(18-29)43(62)64-5)41(60)50-14-8-12-33(58)27-9-6-11-32(20-27)67-25-37(53-54-48)66-16-15-65-24-36(59)49-13-7-10-28-22-55(40-39(28)42(61)52-45(47)51-40)38-21-34(35(23-56)68-38)69-44(63)46(2,3)4/h6,9,11,17-20,22,34-35,37-38,56H,8,12-16,21,23-25H2,1-5H3,(H,49,59)(H,50,60)(H3,47,51,52,61)/t34-,35+,37?,38+/m0/s1. The van der Waals surface area contributed by atoms with Crippen LogP contribution in [0.4, 0.5) is 5.95 Å². The number of aliphatic hydroxyl groups is 1. The predicted molar refractivity (Wildman–Crippen MR) is 245 cm³/mol. The molecule has 1 fully saturated rings. The number of aromatic nitrogens is 3. The molecule has 0 bridgehead atoms. The lowest BCUT2D eigenvalue weighted by molar-refractivity contribution is -0.162. The van der Waals surface area contributed by atoms with E-state index in [1.165, 1.54) is 49.1 Å². The van der Waals surface area contributed by atoms with Crippen LogP contribution in [0.5, 0.6) is 5.75 Å². The molecular formula is C46H53N9O14. The minimum absolute atomic E-state index is 0.0549. The second-order valence-electron chi connectivity index (χ2n) is 16.5. The Morgan fingerprint density at radius 3 is 2.55 bits per heavy atom. The summed E-state index contributed by atoms with van der Waals surface area (Å²) < 4.78 is 34.6. The number of carbonyl (C=O) groups is 6. The van der Waals surface area contributed by atoms with Crippen LogP contribution in [0.25, 0.3) is 21.5 Å². The van der Waals surface area contributed by atoms with E-state index < -0.39 is 66.0 Å². The lowest BCUT2D eigenvalue weighted by atomic mass is 9.97. The van der Waals surface area contributed by atoms with Gasteiger partial charge in [-0.1, -0.05) is 29.1 Å². The molecule has 0 spiro atoms. The van der Waals surface area contributed by atoms with Gasteiger partial charge in [0.1, 0.15) is 37.4 Å². The van der Waals surface area contributed by atoms with E-state index in [1.54, 1.807) is 39.0 Å². The number of fused-ring (bicyclic) bond motifs is 1. The highest BCUT2D eigenvalue weighted by atomic mass is 16.6. The monoisotopic (exact) mass is 955 g/mol. The van der Waals surface area contributed by atoms with Crippen LogP contribution in [0.1, 0.15) is 100 Å². The average molecular weight is 956 g/mol. The third-order valence-corrected chi connectivity index (χ3v) is 10.2. The first-order valence-electron chi connectivity index (χ1n) is 21.6. The van der Waals surface area contributed by atoms with Gasteiger partial charge in [0.05, 0.1) is 55.4 Å². The van der Waals surface area contributed by atoms with Gasteiger partial charge in [0, 0.05) is 47.2 Å². The number of Topliss-reactive ketones (excluding diaryl/α,β-unsaturated/α-hetero) is 2. The zero-order valence-electron chi connectivity index (χ0n) is 38.6. The number of nitrogens with zero attached hydrogens (tertiary/aromatic N) is 5. The Kier molecular flexibility index (Phi) is 18.5. The van der Waals surface area contributed by atoms with E-state index in [2.05, 4.69) is 42.5 Å². The molecule has 0 saturated carbocycles. The molecule has 0 aliphatic carbocycles. The van der Waals surface area contributed by atoms with Gasteiger partial charge in [0.2, 0.25) is 11.9 Å². The fourth-order valence-corrected chi connectivity index (χ4v) is 6.70. The first kappa shape index (κ1) is 52.4. The molecule has 1 aliphatic heterocycles. The molecule has 366 valence electrons. The van der Waals surface area contributed by atoms with Gasteiger partial charge in [-0.3, -0.25) is 33.8 Å². The number of hydrogen-bond acceptors (Lipinski definition) is 17. The normalized spacial score (nSPS) is 15.8. The highest BCUT2D eigenvalue weighted by molar-refractivity contribution is 6.03. The summed E-state index contributed by atoms with van der Waals surface area (Å²) in [5.41, 5.74) is 14.6. The number of nitrogens with one attached hydrogen (secondary N) is 3. The Morgan fingerprint density at radius 2 is 1.84 bits per heavy atom. The zero-order valence-corrected chi connectivity index (χ0v) is 38.6. The lowest BCUT2D eigenvalue weighted by Gasteiger charge is -2.22. The number of rotatable bonds is 22. The van der Waals surface area contributed by atoms with Crippen LogP contribution in [0.3, 0.4) is 0 Å². The van der Waals surface area contributed by atoms with E-state index in [1.807, 2.05) is 0 Å². The van der Waals surface area contributed by atoms with Crippen LogP contribution < -0.4 is 26.7 Å². The Labute approximate surface area is 394 Å². The Balaban J connectivity index is 1.04. The minimum Gasteiger partial charge on any atom is -0.491 e. The Bertz CT molecular complexity index is 2730. The number of nitrogen functional groups attached to an aromatic ring is 1. The SMILES string of the molecule is COC(=O)c1cc(C(C)=O)cc(C(=O)NCCCC(=O)c2cccc(OCC(N=[N+]=[N-])OCCOCC(=O)NCC#Cc3cn([C@H]4C[C@H](OC(=O)C(C)(C)C)[C@@H](CO)O4)c4nc(N)[nH]c(=O)c34)c2)c1. The fourth-order valence-electron chi connectivity index (χ4n) is 6.70. The number of carbonyl (C=O) groups excluding carboxylic acids is 6. The molecule has 4 atom stereocenters. The maximum atomic E-state index is 13.0. The van der Waals surface area contributed by atoms with Gasteiger partial charge < -0.3 is 54.5 Å². The molecule has 1 unspecified atom stereocenters. The van der Waals surface area contributed by atoms with Crippen molar-refractivity contribution in [2.75, 3.05) is 59.0 Å². The molecule has 69 heavy (non-hydrogen) atoms. The molecule has 2 amide bonds.